The van der Waals surface area contributed by atoms with E-state index in [1.54, 1.807) is 18.2 Å². The van der Waals surface area contributed by atoms with Crippen LogP contribution in [0.15, 0.2) is 42.5 Å². The van der Waals surface area contributed by atoms with Crippen molar-refractivity contribution >= 4 is 41.3 Å². The first-order valence-electron chi connectivity index (χ1n) is 11.5. The highest BCUT2D eigenvalue weighted by molar-refractivity contribution is 6.33. The van der Waals surface area contributed by atoms with Crippen molar-refractivity contribution in [1.82, 2.24) is 20.2 Å². The van der Waals surface area contributed by atoms with E-state index in [0.717, 1.165) is 41.5 Å². The summed E-state index contributed by atoms with van der Waals surface area (Å²) < 4.78 is 0. The summed E-state index contributed by atoms with van der Waals surface area (Å²) in [5.74, 6) is 2.98. The maximum Gasteiger partial charge on any atom is 0.252 e. The molecule has 0 spiro atoms. The molecule has 5 rings (SSSR count). The van der Waals surface area contributed by atoms with Crippen molar-refractivity contribution in [2.45, 2.75) is 31.8 Å². The van der Waals surface area contributed by atoms with Gasteiger partial charge in [0.25, 0.3) is 5.91 Å². The van der Waals surface area contributed by atoms with Gasteiger partial charge < -0.3 is 15.6 Å². The number of amides is 1. The van der Waals surface area contributed by atoms with Gasteiger partial charge in [0.05, 0.1) is 27.0 Å². The van der Waals surface area contributed by atoms with Gasteiger partial charge in [0.15, 0.2) is 0 Å². The number of hydrogen-bond donors (Lipinski definition) is 3. The molecular formula is C27H26ClN5O. The summed E-state index contributed by atoms with van der Waals surface area (Å²) in [6, 6.07) is 13.1. The molecule has 1 atom stereocenters. The summed E-state index contributed by atoms with van der Waals surface area (Å²) in [6.45, 7) is 2.67. The number of aromatic nitrogens is 2. The Morgan fingerprint density at radius 2 is 2.06 bits per heavy atom. The van der Waals surface area contributed by atoms with Crippen LogP contribution < -0.4 is 21.3 Å². The number of rotatable bonds is 6. The smallest absolute Gasteiger partial charge is 0.252 e. The first kappa shape index (κ1) is 22.3. The number of carbonyl (C=O) groups is 1. The molecule has 6 nitrogen and oxygen atoms in total. The molecule has 1 saturated heterocycles. The van der Waals surface area contributed by atoms with Crippen LogP contribution in [-0.2, 0) is 6.54 Å². The second-order valence-corrected chi connectivity index (χ2v) is 9.02. The summed E-state index contributed by atoms with van der Waals surface area (Å²) in [7, 11) is 0. The number of nitrogens with one attached hydrogen (secondary N) is 3. The molecular weight excluding hydrogens is 446 g/mol. The van der Waals surface area contributed by atoms with E-state index in [9.17, 15) is 4.79 Å². The van der Waals surface area contributed by atoms with E-state index >= 15 is 0 Å². The molecule has 0 radical (unpaired) electrons. The lowest BCUT2D eigenvalue weighted by atomic mass is 10.1. The van der Waals surface area contributed by atoms with Gasteiger partial charge in [-0.2, -0.15) is 0 Å². The monoisotopic (exact) mass is 471 g/mol. The number of aromatic amines is 1. The summed E-state index contributed by atoms with van der Waals surface area (Å²) in [4.78, 5) is 23.2. The fraction of sp³-hybridized carbons (Fsp3) is 0.259. The van der Waals surface area contributed by atoms with Gasteiger partial charge >= 0.3 is 0 Å². The lowest BCUT2D eigenvalue weighted by molar-refractivity contribution is 0.0950. The van der Waals surface area contributed by atoms with E-state index in [0.29, 0.717) is 34.7 Å². The van der Waals surface area contributed by atoms with Crippen molar-refractivity contribution in [3.63, 3.8) is 0 Å². The molecule has 1 aliphatic carbocycles. The Labute approximate surface area is 203 Å². The second-order valence-electron chi connectivity index (χ2n) is 8.61. The van der Waals surface area contributed by atoms with Gasteiger partial charge in [0, 0.05) is 18.2 Å². The van der Waals surface area contributed by atoms with E-state index in [4.69, 9.17) is 23.0 Å². The van der Waals surface area contributed by atoms with Crippen molar-refractivity contribution in [3.05, 3.63) is 74.9 Å². The number of H-pyrrole nitrogens is 1. The van der Waals surface area contributed by atoms with Gasteiger partial charge in [-0.3, -0.25) is 9.69 Å². The largest absolute Gasteiger partial charge is 0.348 e. The Morgan fingerprint density at radius 1 is 1.24 bits per heavy atom. The van der Waals surface area contributed by atoms with E-state index in [1.165, 1.54) is 12.8 Å². The molecule has 2 heterocycles. The Balaban J connectivity index is 1.29. The number of anilines is 2. The number of hydrogen-bond acceptors (Lipinski definition) is 4. The third kappa shape index (κ3) is 4.72. The minimum absolute atomic E-state index is 0.213. The van der Waals surface area contributed by atoms with Crippen molar-refractivity contribution in [1.29, 1.82) is 0 Å². The number of nitrogens with zero attached hydrogens (tertiary/aromatic N) is 2. The number of imidazole rings is 1. The minimum Gasteiger partial charge on any atom is -0.348 e. The van der Waals surface area contributed by atoms with Crippen molar-refractivity contribution in [2.24, 2.45) is 0 Å². The van der Waals surface area contributed by atoms with Crippen LogP contribution in [0.2, 0.25) is 5.02 Å². The Hall–Kier alpha value is -3.53. The maximum atomic E-state index is 12.6. The molecule has 7 heteroatoms. The molecule has 34 heavy (non-hydrogen) atoms. The average molecular weight is 472 g/mol. The fourth-order valence-corrected chi connectivity index (χ4v) is 4.72. The van der Waals surface area contributed by atoms with Gasteiger partial charge in [-0.25, -0.2) is 4.98 Å². The second kappa shape index (κ2) is 9.76. The zero-order valence-electron chi connectivity index (χ0n) is 18.8. The molecule has 1 aliphatic heterocycles. The SMILES string of the molecule is C#Cc1ccccc1C(=O)NCc1ccc(Cl)c(Nc2nc3c([nH]2)=CC(N2CCCC2)CC=3)c1. The zero-order valence-corrected chi connectivity index (χ0v) is 19.5. The first-order chi connectivity index (χ1) is 16.6. The van der Waals surface area contributed by atoms with Gasteiger partial charge in [0.2, 0.25) is 5.95 Å². The van der Waals surface area contributed by atoms with E-state index in [-0.39, 0.29) is 5.91 Å². The highest BCUT2D eigenvalue weighted by Gasteiger charge is 2.21. The number of carbonyl (C=O) groups excluding carboxylic acids is 1. The molecule has 1 aromatic heterocycles. The highest BCUT2D eigenvalue weighted by Crippen LogP contribution is 2.25. The quantitative estimate of drug-likeness (QED) is 0.483. The lowest BCUT2D eigenvalue weighted by Crippen LogP contribution is -2.38. The van der Waals surface area contributed by atoms with Crippen molar-refractivity contribution in [3.8, 4) is 12.3 Å². The van der Waals surface area contributed by atoms with E-state index in [1.807, 2.05) is 24.3 Å². The van der Waals surface area contributed by atoms with Crippen LogP contribution in [0.4, 0.5) is 11.6 Å². The molecule has 2 aliphatic rings. The van der Waals surface area contributed by atoms with Crippen molar-refractivity contribution in [2.75, 3.05) is 18.4 Å². The van der Waals surface area contributed by atoms with Crippen LogP contribution in [0.5, 0.6) is 0 Å². The normalized spacial score (nSPS) is 17.2. The third-order valence-electron chi connectivity index (χ3n) is 6.35. The lowest BCUT2D eigenvalue weighted by Gasteiger charge is -2.24. The first-order valence-corrected chi connectivity index (χ1v) is 11.9. The van der Waals surface area contributed by atoms with E-state index < -0.39 is 0 Å². The number of likely N-dealkylation sites (tertiary alicyclic amines) is 1. The molecule has 0 saturated carbocycles. The number of halogens is 1. The van der Waals surface area contributed by atoms with Gasteiger partial charge in [-0.1, -0.05) is 41.8 Å². The summed E-state index contributed by atoms with van der Waals surface area (Å²) in [5, 5.41) is 8.80. The maximum absolute atomic E-state index is 12.6. The molecule has 1 unspecified atom stereocenters. The Kier molecular flexibility index (Phi) is 6.39. The molecule has 1 fully saturated rings. The number of fused-ring (bicyclic) bond motifs is 1. The predicted molar refractivity (Wildman–Crippen MR) is 136 cm³/mol. The minimum atomic E-state index is -0.213. The summed E-state index contributed by atoms with van der Waals surface area (Å²) in [5.41, 5.74) is 2.68. The van der Waals surface area contributed by atoms with Crippen LogP contribution >= 0.6 is 11.6 Å². The van der Waals surface area contributed by atoms with Crippen LogP contribution in [0.25, 0.3) is 12.2 Å². The van der Waals surface area contributed by atoms with Gasteiger partial charge in [-0.15, -0.1) is 6.42 Å². The molecule has 3 N–H and O–H groups in total. The molecule has 0 bridgehead atoms. The Morgan fingerprint density at radius 3 is 2.88 bits per heavy atom. The van der Waals surface area contributed by atoms with E-state index in [2.05, 4.69) is 38.6 Å². The predicted octanol–water partition coefficient (Wildman–Crippen LogP) is 3.15. The molecule has 2 aromatic carbocycles. The summed E-state index contributed by atoms with van der Waals surface area (Å²) >= 11 is 6.44. The third-order valence-corrected chi connectivity index (χ3v) is 6.68. The molecule has 3 aromatic rings. The van der Waals surface area contributed by atoms with Crippen LogP contribution in [0.1, 0.15) is 40.7 Å². The van der Waals surface area contributed by atoms with Crippen LogP contribution in [-0.4, -0.2) is 39.9 Å². The summed E-state index contributed by atoms with van der Waals surface area (Å²) in [6.07, 6.45) is 13.5. The topological polar surface area (TPSA) is 73.0 Å². The highest BCUT2D eigenvalue weighted by atomic mass is 35.5. The average Bonchev–Trinajstić information content (AvgIpc) is 3.53. The Bertz CT molecular complexity index is 1380. The van der Waals surface area contributed by atoms with Crippen LogP contribution in [0.3, 0.4) is 0 Å². The molecule has 172 valence electrons. The fourth-order valence-electron chi connectivity index (χ4n) is 4.55. The number of terminal acetylenes is 1. The van der Waals surface area contributed by atoms with Gasteiger partial charge in [0.1, 0.15) is 0 Å². The zero-order chi connectivity index (χ0) is 23.5. The number of benzene rings is 2. The van der Waals surface area contributed by atoms with Crippen LogP contribution in [0, 0.1) is 12.3 Å². The standard InChI is InChI=1S/C27H26ClN5O/c1-2-19-7-3-4-8-21(19)26(34)29-17-18-9-11-22(28)24(15-18)31-27-30-23-12-10-20(16-25(23)32-27)33-13-5-6-14-33/h1,3-4,7-9,11-12,15-16,20H,5-6,10,13-14,17H2,(H,29,34)(H2,30,31,32). The molecule has 1 amide bonds. The van der Waals surface area contributed by atoms with Gasteiger partial charge in [-0.05, 0) is 68.3 Å². The van der Waals surface area contributed by atoms with Crippen molar-refractivity contribution < 1.29 is 4.79 Å².